The summed E-state index contributed by atoms with van der Waals surface area (Å²) in [5.74, 6) is -2.24. The van der Waals surface area contributed by atoms with Gasteiger partial charge < -0.3 is 10.0 Å². The van der Waals surface area contributed by atoms with Gasteiger partial charge in [-0.05, 0) is 26.2 Å². The predicted octanol–water partition coefficient (Wildman–Crippen LogP) is 0.131. The van der Waals surface area contributed by atoms with Crippen molar-refractivity contribution in [3.05, 3.63) is 0 Å². The minimum Gasteiger partial charge on any atom is -0.481 e. The van der Waals surface area contributed by atoms with Crippen LogP contribution in [0.2, 0.25) is 0 Å². The van der Waals surface area contributed by atoms with Crippen molar-refractivity contribution in [3.63, 3.8) is 0 Å². The van der Waals surface area contributed by atoms with E-state index in [-0.39, 0.29) is 23.7 Å². The molecule has 0 aromatic rings. The number of rotatable bonds is 6. The number of hydrogen-bond donors (Lipinski definition) is 1. The molecular formula is C12H19NO5S. The van der Waals surface area contributed by atoms with Gasteiger partial charge in [0, 0.05) is 18.3 Å². The summed E-state index contributed by atoms with van der Waals surface area (Å²) >= 11 is 0. The number of sulfone groups is 1. The number of carbonyl (C=O) groups is 2. The lowest BCUT2D eigenvalue weighted by atomic mass is 10.2. The number of hydrogen-bond acceptors (Lipinski definition) is 4. The molecule has 2 saturated carbocycles. The molecule has 0 aliphatic heterocycles. The van der Waals surface area contributed by atoms with Gasteiger partial charge in [0.05, 0.1) is 17.6 Å². The fraction of sp³-hybridized carbons (Fsp3) is 0.833. The Hall–Kier alpha value is -1.11. The van der Waals surface area contributed by atoms with Gasteiger partial charge in [0.1, 0.15) is 9.84 Å². The molecule has 0 aromatic heterocycles. The first-order valence-electron chi connectivity index (χ1n) is 6.43. The van der Waals surface area contributed by atoms with E-state index in [0.29, 0.717) is 6.42 Å². The molecule has 108 valence electrons. The Morgan fingerprint density at radius 2 is 1.89 bits per heavy atom. The third kappa shape index (κ3) is 3.46. The quantitative estimate of drug-likeness (QED) is 0.750. The number of carboxylic acid groups (broad SMARTS) is 1. The number of aliphatic carboxylic acids is 1. The van der Waals surface area contributed by atoms with Crippen molar-refractivity contribution in [2.75, 3.05) is 12.0 Å². The molecule has 0 aromatic carbocycles. The summed E-state index contributed by atoms with van der Waals surface area (Å²) in [6, 6.07) is -0.288. The van der Waals surface area contributed by atoms with E-state index in [9.17, 15) is 18.0 Å². The van der Waals surface area contributed by atoms with Gasteiger partial charge in [-0.2, -0.15) is 0 Å². The molecule has 0 bridgehead atoms. The van der Waals surface area contributed by atoms with E-state index in [1.807, 2.05) is 0 Å². The smallest absolute Gasteiger partial charge is 0.307 e. The van der Waals surface area contributed by atoms with Gasteiger partial charge in [0.25, 0.3) is 0 Å². The monoisotopic (exact) mass is 289 g/mol. The molecule has 0 saturated heterocycles. The first-order valence-corrected chi connectivity index (χ1v) is 8.49. The lowest BCUT2D eigenvalue weighted by molar-refractivity contribution is -0.142. The molecule has 0 radical (unpaired) electrons. The second-order valence-electron chi connectivity index (χ2n) is 5.71. The van der Waals surface area contributed by atoms with Gasteiger partial charge in [-0.15, -0.1) is 0 Å². The molecule has 0 unspecified atom stereocenters. The fourth-order valence-electron chi connectivity index (χ4n) is 2.56. The van der Waals surface area contributed by atoms with Crippen LogP contribution < -0.4 is 0 Å². The maximum absolute atomic E-state index is 12.3. The number of carboxylic acids is 1. The van der Waals surface area contributed by atoms with Crippen molar-refractivity contribution in [2.24, 2.45) is 11.8 Å². The summed E-state index contributed by atoms with van der Waals surface area (Å²) in [7, 11) is -3.15. The molecule has 2 aliphatic rings. The summed E-state index contributed by atoms with van der Waals surface area (Å²) in [6.45, 7) is 1.72. The molecule has 0 spiro atoms. The van der Waals surface area contributed by atoms with E-state index in [1.165, 1.54) is 0 Å². The van der Waals surface area contributed by atoms with Crippen molar-refractivity contribution in [3.8, 4) is 0 Å². The Morgan fingerprint density at radius 1 is 1.32 bits per heavy atom. The topological polar surface area (TPSA) is 91.8 Å². The maximum atomic E-state index is 12.3. The second kappa shape index (κ2) is 4.77. The standard InChI is InChI=1S/C12H19NO5S/c1-7(6-19(2,17)18)13(8-3-4-8)11(14)9-5-10(9)12(15)16/h7-10H,3-6H2,1-2H3,(H,15,16)/t7-,9+,10-/m1/s1. The van der Waals surface area contributed by atoms with Crippen LogP contribution in [0.5, 0.6) is 0 Å². The van der Waals surface area contributed by atoms with E-state index < -0.39 is 27.6 Å². The molecule has 6 nitrogen and oxygen atoms in total. The summed E-state index contributed by atoms with van der Waals surface area (Å²) in [5, 5.41) is 8.87. The van der Waals surface area contributed by atoms with Crippen LogP contribution >= 0.6 is 0 Å². The van der Waals surface area contributed by atoms with Crippen molar-refractivity contribution in [1.29, 1.82) is 0 Å². The van der Waals surface area contributed by atoms with E-state index in [4.69, 9.17) is 5.11 Å². The lowest BCUT2D eigenvalue weighted by Crippen LogP contribution is -2.45. The molecule has 19 heavy (non-hydrogen) atoms. The summed E-state index contributed by atoms with van der Waals surface area (Å²) in [6.07, 6.45) is 3.29. The van der Waals surface area contributed by atoms with Gasteiger partial charge in [-0.1, -0.05) is 0 Å². The van der Waals surface area contributed by atoms with Gasteiger partial charge in [-0.3, -0.25) is 9.59 Å². The molecular weight excluding hydrogens is 270 g/mol. The van der Waals surface area contributed by atoms with Gasteiger partial charge >= 0.3 is 5.97 Å². The van der Waals surface area contributed by atoms with Crippen molar-refractivity contribution in [2.45, 2.75) is 38.3 Å². The van der Waals surface area contributed by atoms with Gasteiger partial charge in [0.15, 0.2) is 0 Å². The molecule has 2 fully saturated rings. The van der Waals surface area contributed by atoms with Crippen LogP contribution in [0.15, 0.2) is 0 Å². The van der Waals surface area contributed by atoms with Gasteiger partial charge in [0.2, 0.25) is 5.91 Å². The molecule has 7 heteroatoms. The fourth-order valence-corrected chi connectivity index (χ4v) is 3.60. The maximum Gasteiger partial charge on any atom is 0.307 e. The molecule has 2 aliphatic carbocycles. The average molecular weight is 289 g/mol. The highest BCUT2D eigenvalue weighted by Gasteiger charge is 2.52. The predicted molar refractivity (Wildman–Crippen MR) is 68.3 cm³/mol. The van der Waals surface area contributed by atoms with Gasteiger partial charge in [-0.25, -0.2) is 8.42 Å². The highest BCUT2D eigenvalue weighted by molar-refractivity contribution is 7.90. The zero-order valence-corrected chi connectivity index (χ0v) is 11.9. The summed E-state index contributed by atoms with van der Waals surface area (Å²) < 4.78 is 22.7. The largest absolute Gasteiger partial charge is 0.481 e. The summed E-state index contributed by atoms with van der Waals surface area (Å²) in [4.78, 5) is 24.7. The van der Waals surface area contributed by atoms with Crippen LogP contribution in [0.25, 0.3) is 0 Å². The van der Waals surface area contributed by atoms with Crippen LogP contribution in [0.3, 0.4) is 0 Å². The third-order valence-electron chi connectivity index (χ3n) is 3.64. The van der Waals surface area contributed by atoms with Crippen LogP contribution in [-0.4, -0.2) is 54.4 Å². The van der Waals surface area contributed by atoms with E-state index in [0.717, 1.165) is 19.1 Å². The molecule has 3 atom stereocenters. The summed E-state index contributed by atoms with van der Waals surface area (Å²) in [5.41, 5.74) is 0. The molecule has 1 N–H and O–H groups in total. The van der Waals surface area contributed by atoms with E-state index in [1.54, 1.807) is 11.8 Å². The number of amides is 1. The highest BCUT2D eigenvalue weighted by Crippen LogP contribution is 2.42. The first-order chi connectivity index (χ1) is 8.70. The van der Waals surface area contributed by atoms with Crippen LogP contribution in [-0.2, 0) is 19.4 Å². The van der Waals surface area contributed by atoms with Crippen molar-refractivity contribution in [1.82, 2.24) is 4.90 Å². The SMILES string of the molecule is C[C@H](CS(C)(=O)=O)N(C(=O)[C@H]1C[C@H]1C(=O)O)C1CC1. The number of nitrogens with zero attached hydrogens (tertiary/aromatic N) is 1. The third-order valence-corrected chi connectivity index (χ3v) is 4.73. The molecule has 2 rings (SSSR count). The second-order valence-corrected chi connectivity index (χ2v) is 7.89. The van der Waals surface area contributed by atoms with Crippen molar-refractivity contribution >= 4 is 21.7 Å². The van der Waals surface area contributed by atoms with Crippen LogP contribution in [0.1, 0.15) is 26.2 Å². The Balaban J connectivity index is 2.04. The Morgan fingerprint density at radius 3 is 2.26 bits per heavy atom. The van der Waals surface area contributed by atoms with Crippen LogP contribution in [0, 0.1) is 11.8 Å². The van der Waals surface area contributed by atoms with Crippen LogP contribution in [0.4, 0.5) is 0 Å². The van der Waals surface area contributed by atoms with E-state index >= 15 is 0 Å². The van der Waals surface area contributed by atoms with E-state index in [2.05, 4.69) is 0 Å². The Labute approximate surface area is 112 Å². The number of carbonyl (C=O) groups excluding carboxylic acids is 1. The minimum atomic E-state index is -3.15. The average Bonchev–Trinajstić information content (AvgIpc) is 3.10. The Kier molecular flexibility index (Phi) is 3.59. The lowest BCUT2D eigenvalue weighted by Gasteiger charge is -2.29. The molecule has 1 amide bonds. The molecule has 0 heterocycles. The zero-order valence-electron chi connectivity index (χ0n) is 11.1. The Bertz CT molecular complexity index is 496. The first kappa shape index (κ1) is 14.3. The zero-order chi connectivity index (χ0) is 14.4. The minimum absolute atomic E-state index is 0.0697. The highest BCUT2D eigenvalue weighted by atomic mass is 32.2. The van der Waals surface area contributed by atoms with Crippen molar-refractivity contribution < 1.29 is 23.1 Å². The normalized spacial score (nSPS) is 27.7.